The van der Waals surface area contributed by atoms with E-state index in [1.165, 1.54) is 7.11 Å². The van der Waals surface area contributed by atoms with Crippen LogP contribution < -0.4 is 0 Å². The minimum Gasteiger partial charge on any atom is -0.469 e. The molecule has 1 rings (SSSR count). The molecule has 17 heavy (non-hydrogen) atoms. The molecule has 0 bridgehead atoms. The number of rotatable bonds is 3. The normalized spacial score (nSPS) is 33.2. The van der Waals surface area contributed by atoms with Crippen LogP contribution in [0.1, 0.15) is 53.4 Å². The second-order valence-electron chi connectivity index (χ2n) is 6.06. The van der Waals surface area contributed by atoms with Crippen LogP contribution >= 0.6 is 0 Å². The molecule has 0 amide bonds. The maximum Gasteiger partial charge on any atom is 0.314 e. The van der Waals surface area contributed by atoms with Crippen LogP contribution in [0.4, 0.5) is 0 Å². The number of ether oxygens (including phenoxy) is 1. The molecule has 1 fully saturated rings. The number of methoxy groups -OCH3 is 1. The van der Waals surface area contributed by atoms with E-state index in [1.54, 1.807) is 0 Å². The zero-order valence-corrected chi connectivity index (χ0v) is 11.7. The Morgan fingerprint density at radius 1 is 1.41 bits per heavy atom. The third-order valence-electron chi connectivity index (χ3n) is 4.83. The molecule has 1 aliphatic rings. The molecule has 1 N–H and O–H groups in total. The van der Waals surface area contributed by atoms with E-state index in [0.29, 0.717) is 18.8 Å². The monoisotopic (exact) mass is 242 g/mol. The van der Waals surface area contributed by atoms with Crippen LogP contribution in [0.25, 0.3) is 0 Å². The van der Waals surface area contributed by atoms with Gasteiger partial charge in [0.25, 0.3) is 0 Å². The van der Waals surface area contributed by atoms with Crippen LogP contribution in [0.3, 0.4) is 0 Å². The van der Waals surface area contributed by atoms with E-state index < -0.39 is 11.0 Å². The van der Waals surface area contributed by atoms with E-state index in [2.05, 4.69) is 6.92 Å². The first-order valence-electron chi connectivity index (χ1n) is 6.58. The van der Waals surface area contributed by atoms with E-state index >= 15 is 0 Å². The Kier molecular flexibility index (Phi) is 4.23. The molecule has 100 valence electrons. The van der Waals surface area contributed by atoms with Gasteiger partial charge in [-0.3, -0.25) is 4.79 Å². The zero-order valence-electron chi connectivity index (χ0n) is 11.7. The summed E-state index contributed by atoms with van der Waals surface area (Å²) in [6.45, 7) is 8.00. The van der Waals surface area contributed by atoms with E-state index in [-0.39, 0.29) is 11.9 Å². The summed E-state index contributed by atoms with van der Waals surface area (Å²) in [7, 11) is 1.40. The highest BCUT2D eigenvalue weighted by atomic mass is 16.5. The lowest BCUT2D eigenvalue weighted by molar-refractivity contribution is -0.184. The van der Waals surface area contributed by atoms with Crippen LogP contribution in [0.2, 0.25) is 0 Å². The maximum absolute atomic E-state index is 12.1. The smallest absolute Gasteiger partial charge is 0.314 e. The lowest BCUT2D eigenvalue weighted by Crippen LogP contribution is -2.56. The first kappa shape index (κ1) is 14.5. The Balaban J connectivity index is 3.02. The van der Waals surface area contributed by atoms with Crippen molar-refractivity contribution in [3.8, 4) is 0 Å². The van der Waals surface area contributed by atoms with Gasteiger partial charge in [-0.25, -0.2) is 0 Å². The molecule has 0 heterocycles. The van der Waals surface area contributed by atoms with Gasteiger partial charge in [-0.1, -0.05) is 20.8 Å². The molecule has 0 aliphatic heterocycles. The molecule has 0 saturated heterocycles. The second-order valence-corrected chi connectivity index (χ2v) is 6.06. The predicted molar refractivity (Wildman–Crippen MR) is 67.5 cm³/mol. The van der Waals surface area contributed by atoms with E-state index in [9.17, 15) is 9.90 Å². The fourth-order valence-electron chi connectivity index (χ4n) is 2.93. The van der Waals surface area contributed by atoms with E-state index in [1.807, 2.05) is 20.8 Å². The highest BCUT2D eigenvalue weighted by Gasteiger charge is 2.55. The van der Waals surface area contributed by atoms with Gasteiger partial charge >= 0.3 is 5.97 Å². The van der Waals surface area contributed by atoms with Crippen LogP contribution in [0.5, 0.6) is 0 Å². The zero-order chi connectivity index (χ0) is 13.3. The number of hydrogen-bond acceptors (Lipinski definition) is 3. The van der Waals surface area contributed by atoms with Crippen molar-refractivity contribution in [3.63, 3.8) is 0 Å². The van der Waals surface area contributed by atoms with E-state index in [0.717, 1.165) is 12.8 Å². The largest absolute Gasteiger partial charge is 0.469 e. The summed E-state index contributed by atoms with van der Waals surface area (Å²) < 4.78 is 4.92. The summed E-state index contributed by atoms with van der Waals surface area (Å²) in [5.74, 6) is 0.419. The molecule has 1 unspecified atom stereocenters. The molecule has 0 aromatic carbocycles. The van der Waals surface area contributed by atoms with Gasteiger partial charge in [-0.15, -0.1) is 0 Å². The lowest BCUT2D eigenvalue weighted by atomic mass is 9.60. The van der Waals surface area contributed by atoms with Gasteiger partial charge in [0.05, 0.1) is 18.1 Å². The molecule has 1 saturated carbocycles. The Labute approximate surface area is 105 Å². The van der Waals surface area contributed by atoms with E-state index in [4.69, 9.17) is 4.74 Å². The predicted octanol–water partition coefficient (Wildman–Crippen LogP) is 2.76. The van der Waals surface area contributed by atoms with Gasteiger partial charge in [-0.05, 0) is 44.4 Å². The Bertz CT molecular complexity index is 277. The number of aliphatic hydroxyl groups is 1. The molecule has 3 heteroatoms. The Morgan fingerprint density at radius 2 is 1.88 bits per heavy atom. The SMILES string of the molecule is COC(=O)C(C)(C(C)C)C1(O)CCC(C)CC1. The molecule has 1 atom stereocenters. The van der Waals surface area contributed by atoms with Gasteiger partial charge in [0.15, 0.2) is 0 Å². The average Bonchev–Trinajstić information content (AvgIpc) is 2.30. The van der Waals surface area contributed by atoms with Crippen molar-refractivity contribution in [2.45, 2.75) is 59.0 Å². The van der Waals surface area contributed by atoms with Crippen molar-refractivity contribution in [3.05, 3.63) is 0 Å². The Hall–Kier alpha value is -0.570. The fraction of sp³-hybridized carbons (Fsp3) is 0.929. The van der Waals surface area contributed by atoms with Crippen molar-refractivity contribution in [1.29, 1.82) is 0 Å². The summed E-state index contributed by atoms with van der Waals surface area (Å²) in [6, 6.07) is 0. The van der Waals surface area contributed by atoms with Gasteiger partial charge in [0.2, 0.25) is 0 Å². The number of esters is 1. The van der Waals surface area contributed by atoms with Crippen molar-refractivity contribution >= 4 is 5.97 Å². The molecule has 0 aromatic rings. The van der Waals surface area contributed by atoms with Gasteiger partial charge in [0.1, 0.15) is 0 Å². The summed E-state index contributed by atoms with van der Waals surface area (Å²) in [4.78, 5) is 12.1. The molecule has 0 spiro atoms. The van der Waals surface area contributed by atoms with Gasteiger partial charge in [0, 0.05) is 0 Å². The van der Waals surface area contributed by atoms with Crippen molar-refractivity contribution < 1.29 is 14.6 Å². The molecule has 1 aliphatic carbocycles. The highest BCUT2D eigenvalue weighted by molar-refractivity contribution is 5.78. The lowest BCUT2D eigenvalue weighted by Gasteiger charge is -2.48. The highest BCUT2D eigenvalue weighted by Crippen LogP contribution is 2.48. The van der Waals surface area contributed by atoms with Crippen molar-refractivity contribution in [2.24, 2.45) is 17.3 Å². The number of carbonyl (C=O) groups excluding carboxylic acids is 1. The Morgan fingerprint density at radius 3 is 2.24 bits per heavy atom. The minimum atomic E-state index is -0.916. The first-order chi connectivity index (χ1) is 7.78. The summed E-state index contributed by atoms with van der Waals surface area (Å²) in [5.41, 5.74) is -1.72. The number of carbonyl (C=O) groups is 1. The summed E-state index contributed by atoms with van der Waals surface area (Å²) in [6.07, 6.45) is 3.35. The van der Waals surface area contributed by atoms with Crippen LogP contribution in [0, 0.1) is 17.3 Å². The molecule has 3 nitrogen and oxygen atoms in total. The first-order valence-corrected chi connectivity index (χ1v) is 6.58. The third-order valence-corrected chi connectivity index (χ3v) is 4.83. The second kappa shape index (κ2) is 4.97. The van der Waals surface area contributed by atoms with Crippen LogP contribution in [-0.2, 0) is 9.53 Å². The molecule has 0 aromatic heterocycles. The van der Waals surface area contributed by atoms with Crippen LogP contribution in [0.15, 0.2) is 0 Å². The minimum absolute atomic E-state index is 0.0633. The maximum atomic E-state index is 12.1. The molecular weight excluding hydrogens is 216 g/mol. The van der Waals surface area contributed by atoms with Gasteiger partial charge in [-0.2, -0.15) is 0 Å². The average molecular weight is 242 g/mol. The topological polar surface area (TPSA) is 46.5 Å². The summed E-state index contributed by atoms with van der Waals surface area (Å²) in [5, 5.41) is 10.9. The van der Waals surface area contributed by atoms with Crippen molar-refractivity contribution in [1.82, 2.24) is 0 Å². The fourth-order valence-corrected chi connectivity index (χ4v) is 2.93. The quantitative estimate of drug-likeness (QED) is 0.774. The summed E-state index contributed by atoms with van der Waals surface area (Å²) >= 11 is 0. The molecular formula is C14H26O3. The molecule has 0 radical (unpaired) electrons. The third kappa shape index (κ3) is 2.35. The van der Waals surface area contributed by atoms with Crippen molar-refractivity contribution in [2.75, 3.05) is 7.11 Å². The number of hydrogen-bond donors (Lipinski definition) is 1. The van der Waals surface area contributed by atoms with Crippen LogP contribution in [-0.4, -0.2) is 23.8 Å². The standard InChI is InChI=1S/C14H26O3/c1-10(2)13(4,12(15)17-5)14(16)8-6-11(3)7-9-14/h10-11,16H,6-9H2,1-5H3. The van der Waals surface area contributed by atoms with Gasteiger partial charge < -0.3 is 9.84 Å².